The van der Waals surface area contributed by atoms with E-state index in [2.05, 4.69) is 5.10 Å². The zero-order valence-corrected chi connectivity index (χ0v) is 17.6. The minimum atomic E-state index is -0.768. The molecule has 28 heavy (non-hydrogen) atoms. The lowest BCUT2D eigenvalue weighted by atomic mass is 9.97. The SMILES string of the molecule is C/C=N/N(C(=S)N1CCC(C(=O)O)CC1)c1csc(-c2cccc(Cl)c2)c1O. The smallest absolute Gasteiger partial charge is 0.306 e. The van der Waals surface area contributed by atoms with Gasteiger partial charge in [-0.15, -0.1) is 11.3 Å². The molecule has 1 aromatic carbocycles. The van der Waals surface area contributed by atoms with Gasteiger partial charge in [-0.05, 0) is 49.7 Å². The molecule has 0 amide bonds. The van der Waals surface area contributed by atoms with E-state index in [-0.39, 0.29) is 11.7 Å². The molecule has 2 aromatic rings. The van der Waals surface area contributed by atoms with Crippen LogP contribution in [0.15, 0.2) is 34.7 Å². The Labute approximate surface area is 177 Å². The van der Waals surface area contributed by atoms with Gasteiger partial charge in [-0.2, -0.15) is 5.10 Å². The van der Waals surface area contributed by atoms with Crippen molar-refractivity contribution in [2.75, 3.05) is 18.1 Å². The summed E-state index contributed by atoms with van der Waals surface area (Å²) < 4.78 is 0. The number of carboxylic acid groups (broad SMARTS) is 1. The van der Waals surface area contributed by atoms with Crippen molar-refractivity contribution in [3.63, 3.8) is 0 Å². The third-order valence-electron chi connectivity index (χ3n) is 4.59. The summed E-state index contributed by atoms with van der Waals surface area (Å²) in [5.74, 6) is -1.03. The highest BCUT2D eigenvalue weighted by Crippen LogP contribution is 2.44. The van der Waals surface area contributed by atoms with Crippen LogP contribution in [0.25, 0.3) is 10.4 Å². The topological polar surface area (TPSA) is 76.4 Å². The second-order valence-corrected chi connectivity index (χ2v) is 8.06. The molecular weight excluding hydrogens is 418 g/mol. The number of nitrogens with zero attached hydrogens (tertiary/aromatic N) is 3. The zero-order chi connectivity index (χ0) is 20.3. The first kappa shape index (κ1) is 20.6. The van der Waals surface area contributed by atoms with E-state index in [4.69, 9.17) is 23.8 Å². The predicted molar refractivity (Wildman–Crippen MR) is 118 cm³/mol. The molecule has 2 N–H and O–H groups in total. The number of aromatic hydroxyl groups is 1. The predicted octanol–water partition coefficient (Wildman–Crippen LogP) is 4.67. The van der Waals surface area contributed by atoms with Crippen LogP contribution in [-0.2, 0) is 4.79 Å². The van der Waals surface area contributed by atoms with Gasteiger partial charge in [0.2, 0.25) is 0 Å². The highest BCUT2D eigenvalue weighted by Gasteiger charge is 2.29. The minimum Gasteiger partial charge on any atom is -0.504 e. The van der Waals surface area contributed by atoms with Crippen LogP contribution in [0.5, 0.6) is 5.75 Å². The third kappa shape index (κ3) is 4.29. The number of thiophene rings is 1. The molecule has 1 aliphatic rings. The van der Waals surface area contributed by atoms with Crippen LogP contribution in [-0.4, -0.2) is 45.5 Å². The average molecular weight is 438 g/mol. The lowest BCUT2D eigenvalue weighted by molar-refractivity contribution is -0.143. The van der Waals surface area contributed by atoms with Crippen LogP contribution in [0.1, 0.15) is 19.8 Å². The Morgan fingerprint density at radius 2 is 2.14 bits per heavy atom. The first-order chi connectivity index (χ1) is 13.4. The number of halogens is 1. The molecule has 1 fully saturated rings. The summed E-state index contributed by atoms with van der Waals surface area (Å²) in [7, 11) is 0. The standard InChI is InChI=1S/C19H20ClN3O3S2/c1-2-21-23(19(27)22-8-6-12(7-9-22)18(25)26)15-11-28-17(16(15)24)13-4-3-5-14(20)10-13/h2-5,10-12,24H,6-9H2,1H3,(H,25,26)/b21-2+. The Kier molecular flexibility index (Phi) is 6.53. The number of piperidine rings is 1. The van der Waals surface area contributed by atoms with Crippen molar-refractivity contribution in [1.29, 1.82) is 0 Å². The number of likely N-dealkylation sites (tertiary alicyclic amines) is 1. The van der Waals surface area contributed by atoms with Crippen LogP contribution in [0, 0.1) is 5.92 Å². The van der Waals surface area contributed by atoms with Gasteiger partial charge in [0.15, 0.2) is 10.9 Å². The molecule has 1 aromatic heterocycles. The summed E-state index contributed by atoms with van der Waals surface area (Å²) in [6.45, 7) is 2.85. The van der Waals surface area contributed by atoms with Gasteiger partial charge >= 0.3 is 5.97 Å². The first-order valence-corrected chi connectivity index (χ1v) is 10.5. The van der Waals surface area contributed by atoms with Crippen molar-refractivity contribution in [2.45, 2.75) is 19.8 Å². The number of hydrazone groups is 1. The second kappa shape index (κ2) is 8.89. The van der Waals surface area contributed by atoms with Gasteiger partial charge in [-0.1, -0.05) is 23.7 Å². The fourth-order valence-electron chi connectivity index (χ4n) is 3.11. The fourth-order valence-corrected chi connectivity index (χ4v) is 4.55. The van der Waals surface area contributed by atoms with Gasteiger partial charge in [-0.3, -0.25) is 4.79 Å². The molecule has 0 spiro atoms. The molecule has 6 nitrogen and oxygen atoms in total. The Hall–Kier alpha value is -2.16. The number of anilines is 1. The number of aliphatic carboxylic acids is 1. The van der Waals surface area contributed by atoms with Gasteiger partial charge in [0.25, 0.3) is 0 Å². The van der Waals surface area contributed by atoms with E-state index in [1.165, 1.54) is 16.3 Å². The number of thiocarbonyl (C=S) groups is 1. The van der Waals surface area contributed by atoms with Gasteiger partial charge in [-0.25, -0.2) is 5.01 Å². The van der Waals surface area contributed by atoms with Crippen molar-refractivity contribution in [3.8, 4) is 16.2 Å². The van der Waals surface area contributed by atoms with Crippen molar-refractivity contribution in [2.24, 2.45) is 11.0 Å². The molecule has 0 aliphatic carbocycles. The number of hydrogen-bond acceptors (Lipinski definition) is 5. The normalized spacial score (nSPS) is 15.1. The quantitative estimate of drug-likeness (QED) is 0.411. The van der Waals surface area contributed by atoms with E-state index in [1.807, 2.05) is 17.0 Å². The summed E-state index contributed by atoms with van der Waals surface area (Å²) in [5.41, 5.74) is 1.30. The summed E-state index contributed by atoms with van der Waals surface area (Å²) in [5, 5.41) is 28.7. The van der Waals surface area contributed by atoms with Crippen LogP contribution in [0.3, 0.4) is 0 Å². The van der Waals surface area contributed by atoms with Gasteiger partial charge < -0.3 is 15.1 Å². The molecule has 0 atom stereocenters. The van der Waals surface area contributed by atoms with E-state index in [0.29, 0.717) is 46.6 Å². The molecule has 148 valence electrons. The number of carbonyl (C=O) groups is 1. The van der Waals surface area contributed by atoms with Crippen LogP contribution >= 0.6 is 35.2 Å². The maximum absolute atomic E-state index is 11.2. The molecule has 2 heterocycles. The highest BCUT2D eigenvalue weighted by atomic mass is 35.5. The minimum absolute atomic E-state index is 0.0839. The third-order valence-corrected chi connectivity index (χ3v) is 6.26. The first-order valence-electron chi connectivity index (χ1n) is 8.79. The van der Waals surface area contributed by atoms with E-state index in [9.17, 15) is 15.0 Å². The molecule has 1 saturated heterocycles. The van der Waals surface area contributed by atoms with E-state index in [0.717, 1.165) is 5.56 Å². The largest absolute Gasteiger partial charge is 0.504 e. The van der Waals surface area contributed by atoms with Crippen molar-refractivity contribution in [3.05, 3.63) is 34.7 Å². The van der Waals surface area contributed by atoms with Crippen molar-refractivity contribution < 1.29 is 15.0 Å². The van der Waals surface area contributed by atoms with Crippen molar-refractivity contribution >= 4 is 58.1 Å². The summed E-state index contributed by atoms with van der Waals surface area (Å²) in [4.78, 5) is 13.8. The summed E-state index contributed by atoms with van der Waals surface area (Å²) >= 11 is 13.1. The highest BCUT2D eigenvalue weighted by molar-refractivity contribution is 7.80. The van der Waals surface area contributed by atoms with Crippen LogP contribution < -0.4 is 5.01 Å². The molecule has 9 heteroatoms. The summed E-state index contributed by atoms with van der Waals surface area (Å²) in [6.07, 6.45) is 2.66. The van der Waals surface area contributed by atoms with Crippen LogP contribution in [0.4, 0.5) is 5.69 Å². The molecular formula is C19H20ClN3O3S2. The average Bonchev–Trinajstić information content (AvgIpc) is 3.07. The van der Waals surface area contributed by atoms with E-state index < -0.39 is 5.97 Å². The van der Waals surface area contributed by atoms with Gasteiger partial charge in [0.05, 0.1) is 10.8 Å². The molecule has 0 radical (unpaired) electrons. The number of benzene rings is 1. The van der Waals surface area contributed by atoms with Crippen LogP contribution in [0.2, 0.25) is 5.02 Å². The number of hydrogen-bond donors (Lipinski definition) is 2. The molecule has 0 saturated carbocycles. The second-order valence-electron chi connectivity index (χ2n) is 6.38. The Morgan fingerprint density at radius 3 is 2.75 bits per heavy atom. The Balaban J connectivity index is 1.85. The number of rotatable bonds is 4. The van der Waals surface area contributed by atoms with Crippen molar-refractivity contribution in [1.82, 2.24) is 4.90 Å². The van der Waals surface area contributed by atoms with E-state index in [1.54, 1.807) is 30.7 Å². The Morgan fingerprint density at radius 1 is 1.43 bits per heavy atom. The molecule has 3 rings (SSSR count). The number of carboxylic acids is 1. The monoisotopic (exact) mass is 437 g/mol. The fraction of sp³-hybridized carbons (Fsp3) is 0.316. The zero-order valence-electron chi connectivity index (χ0n) is 15.2. The Bertz CT molecular complexity index is 908. The maximum atomic E-state index is 11.2. The molecule has 0 bridgehead atoms. The maximum Gasteiger partial charge on any atom is 0.306 e. The van der Waals surface area contributed by atoms with Gasteiger partial charge in [0.1, 0.15) is 5.69 Å². The van der Waals surface area contributed by atoms with Gasteiger partial charge in [0, 0.05) is 29.7 Å². The van der Waals surface area contributed by atoms with E-state index >= 15 is 0 Å². The lowest BCUT2D eigenvalue weighted by Crippen LogP contribution is -2.45. The molecule has 0 unspecified atom stereocenters. The molecule has 1 aliphatic heterocycles. The lowest BCUT2D eigenvalue weighted by Gasteiger charge is -2.35. The summed E-state index contributed by atoms with van der Waals surface area (Å²) in [6, 6.07) is 7.28.